The highest BCUT2D eigenvalue weighted by molar-refractivity contribution is 5.88. The summed E-state index contributed by atoms with van der Waals surface area (Å²) < 4.78 is 10.9. The summed E-state index contributed by atoms with van der Waals surface area (Å²) >= 11 is 0. The summed E-state index contributed by atoms with van der Waals surface area (Å²) in [5.41, 5.74) is 2.47. The van der Waals surface area contributed by atoms with Crippen molar-refractivity contribution in [3.8, 4) is 11.6 Å². The lowest BCUT2D eigenvalue weighted by molar-refractivity contribution is 0.197. The molecule has 7 nitrogen and oxygen atoms in total. The number of rotatable bonds is 7. The van der Waals surface area contributed by atoms with E-state index >= 15 is 0 Å². The Kier molecular flexibility index (Phi) is 7.87. The molecule has 1 aliphatic heterocycles. The molecule has 2 heterocycles. The van der Waals surface area contributed by atoms with Gasteiger partial charge in [-0.2, -0.15) is 0 Å². The van der Waals surface area contributed by atoms with Gasteiger partial charge in [0.15, 0.2) is 5.82 Å². The fourth-order valence-corrected chi connectivity index (χ4v) is 3.44. The molecular formula is C24H32N4O3. The average molecular weight is 425 g/mol. The molecule has 0 radical (unpaired) electrons. The van der Waals surface area contributed by atoms with Gasteiger partial charge in [0.1, 0.15) is 5.75 Å². The smallest absolute Gasteiger partial charge is 0.323 e. The van der Waals surface area contributed by atoms with Crippen LogP contribution in [0.15, 0.2) is 42.2 Å². The molecule has 1 unspecified atom stereocenters. The molecule has 1 fully saturated rings. The average Bonchev–Trinajstić information content (AvgIpc) is 2.75. The lowest BCUT2D eigenvalue weighted by atomic mass is 9.91. The Morgan fingerprint density at radius 2 is 2.16 bits per heavy atom. The monoisotopic (exact) mass is 424 g/mol. The first-order valence-corrected chi connectivity index (χ1v) is 10.8. The Labute approximate surface area is 184 Å². The van der Waals surface area contributed by atoms with Gasteiger partial charge in [-0.15, -0.1) is 0 Å². The van der Waals surface area contributed by atoms with Crippen molar-refractivity contribution < 1.29 is 14.3 Å². The summed E-state index contributed by atoms with van der Waals surface area (Å²) in [5.74, 6) is 2.63. The Hall–Kier alpha value is -3.09. The molecule has 1 saturated heterocycles. The lowest BCUT2D eigenvalue weighted by Gasteiger charge is -2.33. The van der Waals surface area contributed by atoms with Crippen LogP contribution < -0.4 is 14.8 Å². The number of aromatic nitrogens is 2. The highest BCUT2D eigenvalue weighted by Crippen LogP contribution is 2.26. The fourth-order valence-electron chi connectivity index (χ4n) is 3.44. The van der Waals surface area contributed by atoms with E-state index in [0.29, 0.717) is 30.7 Å². The van der Waals surface area contributed by atoms with Crippen molar-refractivity contribution in [3.63, 3.8) is 0 Å². The Bertz CT molecular complexity index is 896. The predicted molar refractivity (Wildman–Crippen MR) is 122 cm³/mol. The number of benzene rings is 1. The fraction of sp³-hybridized carbons (Fsp3) is 0.458. The van der Waals surface area contributed by atoms with Crippen molar-refractivity contribution in [2.24, 2.45) is 11.8 Å². The van der Waals surface area contributed by atoms with Crippen molar-refractivity contribution in [2.45, 2.75) is 33.6 Å². The number of carbonyl (C=O) groups excluding carboxylic acids is 1. The first-order chi connectivity index (χ1) is 14.9. The standard InChI is InChI=1S/C24H32N4O3/c1-17(2)9-11-31-21-7-5-6-19(13-21)12-20-8-10-28(16-18(20)3)24(29)27-22-14-26-23(30-4)15-25-22/h5-7,12-15,17-18H,8-11,16H2,1-4H3,(H,25,27,29). The van der Waals surface area contributed by atoms with Gasteiger partial charge >= 0.3 is 6.03 Å². The molecule has 7 heteroatoms. The van der Waals surface area contributed by atoms with E-state index in [4.69, 9.17) is 9.47 Å². The van der Waals surface area contributed by atoms with Crippen molar-refractivity contribution in [1.82, 2.24) is 14.9 Å². The third kappa shape index (κ3) is 6.70. The number of methoxy groups -OCH3 is 1. The van der Waals surface area contributed by atoms with Gasteiger partial charge < -0.3 is 14.4 Å². The molecule has 0 bridgehead atoms. The van der Waals surface area contributed by atoms with Crippen LogP contribution in [0.3, 0.4) is 0 Å². The Balaban J connectivity index is 1.56. The zero-order valence-corrected chi connectivity index (χ0v) is 18.8. The minimum Gasteiger partial charge on any atom is -0.494 e. The van der Waals surface area contributed by atoms with Gasteiger partial charge in [0.25, 0.3) is 0 Å². The molecule has 0 saturated carbocycles. The SMILES string of the molecule is COc1cnc(NC(=O)N2CCC(=Cc3cccc(OCCC(C)C)c3)C(C)C2)cn1. The first-order valence-electron chi connectivity index (χ1n) is 10.8. The molecule has 3 rings (SSSR count). The second kappa shape index (κ2) is 10.8. The van der Waals surface area contributed by atoms with Crippen LogP contribution >= 0.6 is 0 Å². The minimum absolute atomic E-state index is 0.161. The topological polar surface area (TPSA) is 76.6 Å². The molecule has 1 atom stereocenters. The summed E-state index contributed by atoms with van der Waals surface area (Å²) in [6.45, 7) is 8.60. The molecule has 1 aromatic heterocycles. The van der Waals surface area contributed by atoms with Crippen LogP contribution in [-0.4, -0.2) is 47.7 Å². The highest BCUT2D eigenvalue weighted by Gasteiger charge is 2.24. The second-order valence-electron chi connectivity index (χ2n) is 8.29. The summed E-state index contributed by atoms with van der Waals surface area (Å²) in [7, 11) is 1.53. The van der Waals surface area contributed by atoms with Crippen LogP contribution in [0.1, 0.15) is 39.2 Å². The third-order valence-electron chi connectivity index (χ3n) is 5.33. The highest BCUT2D eigenvalue weighted by atomic mass is 16.5. The second-order valence-corrected chi connectivity index (χ2v) is 8.29. The third-order valence-corrected chi connectivity index (χ3v) is 5.33. The number of amides is 2. The summed E-state index contributed by atoms with van der Waals surface area (Å²) in [5, 5.41) is 2.80. The number of nitrogens with one attached hydrogen (secondary N) is 1. The van der Waals surface area contributed by atoms with Gasteiger partial charge in [0.05, 0.1) is 26.1 Å². The van der Waals surface area contributed by atoms with E-state index < -0.39 is 0 Å². The van der Waals surface area contributed by atoms with E-state index in [-0.39, 0.29) is 11.9 Å². The van der Waals surface area contributed by atoms with Gasteiger partial charge in [-0.1, -0.05) is 44.6 Å². The zero-order valence-electron chi connectivity index (χ0n) is 18.8. The van der Waals surface area contributed by atoms with Crippen LogP contribution in [0.25, 0.3) is 6.08 Å². The number of nitrogens with zero attached hydrogens (tertiary/aromatic N) is 3. The maximum absolute atomic E-state index is 12.6. The number of piperidine rings is 1. The van der Waals surface area contributed by atoms with Crippen molar-refractivity contribution in [1.29, 1.82) is 0 Å². The molecule has 31 heavy (non-hydrogen) atoms. The van der Waals surface area contributed by atoms with E-state index in [9.17, 15) is 4.79 Å². The quantitative estimate of drug-likeness (QED) is 0.686. The first kappa shape index (κ1) is 22.6. The zero-order chi connectivity index (χ0) is 22.2. The van der Waals surface area contributed by atoms with E-state index in [1.54, 1.807) is 0 Å². The summed E-state index contributed by atoms with van der Waals surface area (Å²) in [6.07, 6.45) is 7.08. The molecule has 2 aromatic rings. The number of ether oxygens (including phenoxy) is 2. The van der Waals surface area contributed by atoms with E-state index in [0.717, 1.165) is 30.8 Å². The minimum atomic E-state index is -0.161. The van der Waals surface area contributed by atoms with Crippen LogP contribution in [0, 0.1) is 11.8 Å². The molecular weight excluding hydrogens is 392 g/mol. The number of anilines is 1. The number of likely N-dealkylation sites (tertiary alicyclic amines) is 1. The normalized spacial score (nSPS) is 17.6. The van der Waals surface area contributed by atoms with Crippen molar-refractivity contribution >= 4 is 17.9 Å². The van der Waals surface area contributed by atoms with Crippen LogP contribution in [0.5, 0.6) is 11.6 Å². The van der Waals surface area contributed by atoms with E-state index in [1.165, 1.54) is 25.1 Å². The molecule has 0 spiro atoms. The largest absolute Gasteiger partial charge is 0.494 e. The van der Waals surface area contributed by atoms with E-state index in [1.807, 2.05) is 17.0 Å². The molecule has 1 aromatic carbocycles. The van der Waals surface area contributed by atoms with Gasteiger partial charge in [0, 0.05) is 13.1 Å². The number of hydrogen-bond donors (Lipinski definition) is 1. The van der Waals surface area contributed by atoms with Crippen LogP contribution in [0.2, 0.25) is 0 Å². The molecule has 1 aliphatic rings. The number of carbonyl (C=O) groups is 1. The number of hydrogen-bond acceptors (Lipinski definition) is 5. The maximum atomic E-state index is 12.6. The Morgan fingerprint density at radius 1 is 1.32 bits per heavy atom. The number of urea groups is 1. The van der Waals surface area contributed by atoms with E-state index in [2.05, 4.69) is 54.3 Å². The molecule has 2 amide bonds. The van der Waals surface area contributed by atoms with Crippen LogP contribution in [-0.2, 0) is 0 Å². The van der Waals surface area contributed by atoms with Gasteiger partial charge in [0.2, 0.25) is 5.88 Å². The van der Waals surface area contributed by atoms with Crippen molar-refractivity contribution in [3.05, 3.63) is 47.8 Å². The molecule has 1 N–H and O–H groups in total. The van der Waals surface area contributed by atoms with Gasteiger partial charge in [-0.05, 0) is 42.4 Å². The lowest BCUT2D eigenvalue weighted by Crippen LogP contribution is -2.42. The maximum Gasteiger partial charge on any atom is 0.323 e. The summed E-state index contributed by atoms with van der Waals surface area (Å²) in [6, 6.07) is 8.05. The van der Waals surface area contributed by atoms with Gasteiger partial charge in [-0.3, -0.25) is 5.32 Å². The predicted octanol–water partition coefficient (Wildman–Crippen LogP) is 4.87. The van der Waals surface area contributed by atoms with Crippen molar-refractivity contribution in [2.75, 3.05) is 32.1 Å². The molecule has 0 aliphatic carbocycles. The Morgan fingerprint density at radius 3 is 2.84 bits per heavy atom. The van der Waals surface area contributed by atoms with Crippen LogP contribution in [0.4, 0.5) is 10.6 Å². The summed E-state index contributed by atoms with van der Waals surface area (Å²) in [4.78, 5) is 22.6. The molecule has 166 valence electrons. The van der Waals surface area contributed by atoms with Gasteiger partial charge in [-0.25, -0.2) is 14.8 Å².